The van der Waals surface area contributed by atoms with Crippen LogP contribution in [0.5, 0.6) is 5.75 Å². The number of ether oxygens (including phenoxy) is 1. The summed E-state index contributed by atoms with van der Waals surface area (Å²) in [5, 5.41) is 18.2. The van der Waals surface area contributed by atoms with E-state index in [1.165, 1.54) is 5.01 Å². The van der Waals surface area contributed by atoms with E-state index in [4.69, 9.17) is 9.84 Å². The average molecular weight is 496 g/mol. The normalized spacial score (nSPS) is 14.5. The summed E-state index contributed by atoms with van der Waals surface area (Å²) in [4.78, 5) is 28.1. The monoisotopic (exact) mass is 495 g/mol. The first-order chi connectivity index (χ1) is 18.0. The third kappa shape index (κ3) is 6.14. The molecule has 3 aromatic rings. The molecule has 0 saturated heterocycles. The van der Waals surface area contributed by atoms with Crippen LogP contribution < -0.4 is 15.0 Å². The van der Waals surface area contributed by atoms with Crippen LogP contribution in [-0.2, 0) is 9.59 Å². The quantitative estimate of drug-likeness (QED) is 0.442. The summed E-state index contributed by atoms with van der Waals surface area (Å²) >= 11 is 0. The lowest BCUT2D eigenvalue weighted by molar-refractivity contribution is -0.136. The molecule has 0 spiro atoms. The molecule has 1 aliphatic rings. The SMILES string of the molecule is COc1cccc(NC(=O)CC(=O)N2N=C(N(CCC#N)c3ccccc3C)CC2c2ccccc2)c1. The molecule has 0 aromatic heterocycles. The van der Waals surface area contributed by atoms with Crippen molar-refractivity contribution in [3.8, 4) is 11.8 Å². The number of carbonyl (C=O) groups is 2. The maximum Gasteiger partial charge on any atom is 0.252 e. The van der Waals surface area contributed by atoms with E-state index in [0.717, 1.165) is 16.8 Å². The number of rotatable bonds is 8. The van der Waals surface area contributed by atoms with Gasteiger partial charge in [-0.15, -0.1) is 0 Å². The molecule has 8 heteroatoms. The third-order valence-corrected chi connectivity index (χ3v) is 6.16. The van der Waals surface area contributed by atoms with Gasteiger partial charge in [0.2, 0.25) is 5.91 Å². The van der Waals surface area contributed by atoms with Gasteiger partial charge in [-0.05, 0) is 36.2 Å². The van der Waals surface area contributed by atoms with E-state index < -0.39 is 11.8 Å². The molecule has 0 bridgehead atoms. The van der Waals surface area contributed by atoms with Gasteiger partial charge in [0.25, 0.3) is 5.91 Å². The molecule has 2 amide bonds. The molecule has 1 heterocycles. The van der Waals surface area contributed by atoms with Gasteiger partial charge < -0.3 is 15.0 Å². The summed E-state index contributed by atoms with van der Waals surface area (Å²) in [6, 6.07) is 26.4. The number of hydrazone groups is 1. The molecular formula is C29H29N5O3. The highest BCUT2D eigenvalue weighted by Crippen LogP contribution is 2.34. The molecule has 1 N–H and O–H groups in total. The molecule has 0 fully saturated rings. The predicted molar refractivity (Wildman–Crippen MR) is 143 cm³/mol. The van der Waals surface area contributed by atoms with E-state index in [1.54, 1.807) is 31.4 Å². The zero-order valence-corrected chi connectivity index (χ0v) is 20.9. The summed E-state index contributed by atoms with van der Waals surface area (Å²) in [5.74, 6) is 0.443. The molecule has 37 heavy (non-hydrogen) atoms. The fourth-order valence-electron chi connectivity index (χ4n) is 4.36. The van der Waals surface area contributed by atoms with Gasteiger partial charge in [0, 0.05) is 30.4 Å². The number of amidine groups is 1. The highest BCUT2D eigenvalue weighted by molar-refractivity contribution is 6.06. The Morgan fingerprint density at radius 2 is 1.86 bits per heavy atom. The van der Waals surface area contributed by atoms with Crippen molar-refractivity contribution < 1.29 is 14.3 Å². The van der Waals surface area contributed by atoms with E-state index in [1.807, 2.05) is 66.4 Å². The van der Waals surface area contributed by atoms with Crippen molar-refractivity contribution >= 4 is 29.0 Å². The van der Waals surface area contributed by atoms with Gasteiger partial charge in [0.15, 0.2) is 0 Å². The van der Waals surface area contributed by atoms with Crippen molar-refractivity contribution in [2.75, 3.05) is 23.9 Å². The fraction of sp³-hybridized carbons (Fsp3) is 0.241. The van der Waals surface area contributed by atoms with Gasteiger partial charge in [-0.3, -0.25) is 9.59 Å². The average Bonchev–Trinajstić information content (AvgIpc) is 3.36. The number of methoxy groups -OCH3 is 1. The fourth-order valence-corrected chi connectivity index (χ4v) is 4.36. The zero-order valence-electron chi connectivity index (χ0n) is 20.9. The lowest BCUT2D eigenvalue weighted by atomic mass is 10.0. The van der Waals surface area contributed by atoms with Crippen molar-refractivity contribution in [1.29, 1.82) is 5.26 Å². The van der Waals surface area contributed by atoms with Crippen LogP contribution in [0.25, 0.3) is 0 Å². The number of nitrogens with zero attached hydrogens (tertiary/aromatic N) is 4. The molecule has 1 unspecified atom stereocenters. The number of amides is 2. The second-order valence-electron chi connectivity index (χ2n) is 8.69. The summed E-state index contributed by atoms with van der Waals surface area (Å²) in [6.07, 6.45) is 0.410. The highest BCUT2D eigenvalue weighted by atomic mass is 16.5. The van der Waals surface area contributed by atoms with Crippen molar-refractivity contribution in [3.05, 3.63) is 90.0 Å². The second kappa shape index (κ2) is 11.9. The number of benzene rings is 3. The van der Waals surface area contributed by atoms with Crippen LogP contribution in [0.15, 0.2) is 84.0 Å². The minimum atomic E-state index is -0.436. The standard InChI is InChI=1S/C29H29N5O3/c1-21-10-6-7-15-25(21)33(17-9-16-30)27-19-26(22-11-4-3-5-12-22)34(32-27)29(36)20-28(35)31-23-13-8-14-24(18-23)37-2/h3-8,10-15,18,26H,9,17,19-20H2,1-2H3,(H,31,35). The number of hydrogen-bond acceptors (Lipinski definition) is 6. The van der Waals surface area contributed by atoms with Gasteiger partial charge in [-0.1, -0.05) is 54.6 Å². The van der Waals surface area contributed by atoms with Gasteiger partial charge >= 0.3 is 0 Å². The molecule has 4 rings (SSSR count). The molecule has 1 aliphatic heterocycles. The van der Waals surface area contributed by atoms with Crippen molar-refractivity contribution in [2.45, 2.75) is 32.2 Å². The van der Waals surface area contributed by atoms with E-state index >= 15 is 0 Å². The highest BCUT2D eigenvalue weighted by Gasteiger charge is 2.36. The van der Waals surface area contributed by atoms with E-state index in [2.05, 4.69) is 11.4 Å². The number of carbonyl (C=O) groups excluding carboxylic acids is 2. The molecular weight excluding hydrogens is 466 g/mol. The van der Waals surface area contributed by atoms with Gasteiger partial charge in [0.05, 0.1) is 25.6 Å². The number of para-hydroxylation sites is 1. The van der Waals surface area contributed by atoms with Gasteiger partial charge in [0.1, 0.15) is 18.0 Å². The molecule has 0 aliphatic carbocycles. The van der Waals surface area contributed by atoms with Gasteiger partial charge in [-0.25, -0.2) is 5.01 Å². The van der Waals surface area contributed by atoms with Crippen molar-refractivity contribution in [2.24, 2.45) is 5.10 Å². The Morgan fingerprint density at radius 3 is 2.59 bits per heavy atom. The van der Waals surface area contributed by atoms with Crippen LogP contribution in [0.4, 0.5) is 11.4 Å². The number of hydrogen-bond donors (Lipinski definition) is 1. The molecule has 3 aromatic carbocycles. The van der Waals surface area contributed by atoms with E-state index in [9.17, 15) is 14.9 Å². The molecule has 1 atom stereocenters. The minimum absolute atomic E-state index is 0.306. The molecule has 0 saturated carbocycles. The zero-order chi connectivity index (χ0) is 26.2. The number of nitrogens with one attached hydrogen (secondary N) is 1. The maximum absolute atomic E-state index is 13.4. The van der Waals surface area contributed by atoms with Crippen LogP contribution in [0, 0.1) is 18.3 Å². The van der Waals surface area contributed by atoms with Crippen molar-refractivity contribution in [3.63, 3.8) is 0 Å². The largest absolute Gasteiger partial charge is 0.497 e. The van der Waals surface area contributed by atoms with Crippen LogP contribution in [0.2, 0.25) is 0 Å². The van der Waals surface area contributed by atoms with Gasteiger partial charge in [-0.2, -0.15) is 10.4 Å². The molecule has 0 radical (unpaired) electrons. The Kier molecular flexibility index (Phi) is 8.16. The summed E-state index contributed by atoms with van der Waals surface area (Å²) in [5.41, 5.74) is 3.45. The molecule has 8 nitrogen and oxygen atoms in total. The van der Waals surface area contributed by atoms with Crippen LogP contribution in [-0.4, -0.2) is 36.3 Å². The predicted octanol–water partition coefficient (Wildman–Crippen LogP) is 5.04. The Labute approximate surface area is 216 Å². The Bertz CT molecular complexity index is 1330. The van der Waals surface area contributed by atoms with E-state index in [-0.39, 0.29) is 12.5 Å². The summed E-state index contributed by atoms with van der Waals surface area (Å²) < 4.78 is 5.20. The summed E-state index contributed by atoms with van der Waals surface area (Å²) in [7, 11) is 1.55. The number of aryl methyl sites for hydroxylation is 1. The smallest absolute Gasteiger partial charge is 0.252 e. The first-order valence-corrected chi connectivity index (χ1v) is 12.1. The summed E-state index contributed by atoms with van der Waals surface area (Å²) in [6.45, 7) is 2.45. The first-order valence-electron chi connectivity index (χ1n) is 12.1. The lowest BCUT2D eigenvalue weighted by Crippen LogP contribution is -2.31. The van der Waals surface area contributed by atoms with Crippen LogP contribution >= 0.6 is 0 Å². The minimum Gasteiger partial charge on any atom is -0.497 e. The topological polar surface area (TPSA) is 98.0 Å². The number of nitriles is 1. The lowest BCUT2D eigenvalue weighted by Gasteiger charge is -2.25. The third-order valence-electron chi connectivity index (χ3n) is 6.16. The Hall–Kier alpha value is -4.64. The second-order valence-corrected chi connectivity index (χ2v) is 8.69. The van der Waals surface area contributed by atoms with Crippen LogP contribution in [0.1, 0.15) is 36.4 Å². The Morgan fingerprint density at radius 1 is 1.11 bits per heavy atom. The molecule has 188 valence electrons. The van der Waals surface area contributed by atoms with Crippen LogP contribution in [0.3, 0.4) is 0 Å². The van der Waals surface area contributed by atoms with E-state index in [0.29, 0.717) is 36.7 Å². The number of anilines is 2. The van der Waals surface area contributed by atoms with Crippen molar-refractivity contribution in [1.82, 2.24) is 5.01 Å². The maximum atomic E-state index is 13.4. The first kappa shape index (κ1) is 25.5. The Balaban J connectivity index is 1.60.